The molecule has 7 aromatic rings. The van der Waals surface area contributed by atoms with Crippen LogP contribution in [0.25, 0.3) is 11.2 Å². The van der Waals surface area contributed by atoms with Gasteiger partial charge in [0.2, 0.25) is 5.95 Å². The van der Waals surface area contributed by atoms with Crippen molar-refractivity contribution in [1.82, 2.24) is 25.3 Å². The lowest BCUT2D eigenvalue weighted by Crippen LogP contribution is -2.41. The number of hydrogen-bond donors (Lipinski definition) is 7. The second kappa shape index (κ2) is 40.7. The van der Waals surface area contributed by atoms with E-state index in [9.17, 15) is 112 Å². The molecule has 0 spiro atoms. The highest BCUT2D eigenvalue weighted by Crippen LogP contribution is 2.25. The topological polar surface area (TPSA) is 559 Å². The summed E-state index contributed by atoms with van der Waals surface area (Å²) >= 11 is 0. The van der Waals surface area contributed by atoms with Crippen molar-refractivity contribution in [1.29, 1.82) is 0 Å². The van der Waals surface area contributed by atoms with Gasteiger partial charge in [-0.1, -0.05) is 0 Å². The standard InChI is InChI=1S/C30H40N8O8.2C8H6FNO3.C8H6N2O5.C7H4FNO4/c31-12-1-3-23(40)11-14-46-16-15-45-13-2-4-22(39)9-10-24(29(43)44)36-27(41)19-5-7-20(8-6-19)33-17-21-18-34-26-25(35-21)28(42)38-30(32)37-26;2*1-5(11)7-4-6(10(12)13)2-3-8(7)9;1-5(11)7-4-6(9(12)13)2-3-8(7)10(14)15;8-6-2-1-4(9(12)13)3-5(6)7(10)11/h5-8,18,24,33H,1-4,9-17,31H2,(H,36,41)(H,43,44)(H3,32,34,37,38,42);2*2-4H,1H3;2-4H,1H3;1-3H,(H,10,11). The van der Waals surface area contributed by atoms with Crippen LogP contribution in [0.3, 0.4) is 0 Å². The fourth-order valence-corrected chi connectivity index (χ4v) is 7.88. The number of ketones is 5. The van der Waals surface area contributed by atoms with Gasteiger partial charge in [-0.15, -0.1) is 0 Å². The van der Waals surface area contributed by atoms with E-state index in [0.29, 0.717) is 76.1 Å². The highest BCUT2D eigenvalue weighted by atomic mass is 19.1. The average Bonchev–Trinajstić information content (AvgIpc) is 0.836. The van der Waals surface area contributed by atoms with Crippen LogP contribution >= 0.6 is 0 Å². The van der Waals surface area contributed by atoms with Gasteiger partial charge in [-0.2, -0.15) is 4.98 Å². The van der Waals surface area contributed by atoms with Gasteiger partial charge in [-0.05, 0) is 89.0 Å². The van der Waals surface area contributed by atoms with Crippen LogP contribution < -0.4 is 27.7 Å². The molecular weight excluding hydrogens is 1340 g/mol. The molecule has 39 heteroatoms. The molecule has 0 aliphatic heterocycles. The van der Waals surface area contributed by atoms with Gasteiger partial charge in [-0.3, -0.25) is 89.1 Å². The normalized spacial score (nSPS) is 10.6. The molecule has 1 atom stereocenters. The Labute approximate surface area is 560 Å². The third-order valence-electron chi connectivity index (χ3n) is 13.0. The molecule has 530 valence electrons. The molecule has 9 N–H and O–H groups in total. The molecule has 0 fully saturated rings. The molecule has 0 aliphatic carbocycles. The van der Waals surface area contributed by atoms with E-state index < -0.39 is 106 Å². The van der Waals surface area contributed by atoms with Crippen molar-refractivity contribution in [3.05, 3.63) is 215 Å². The number of aliphatic carboxylic acids is 1. The molecule has 5 aromatic carbocycles. The first-order chi connectivity index (χ1) is 47.1. The monoisotopic (exact) mass is 1400 g/mol. The Hall–Kier alpha value is -12.7. The van der Waals surface area contributed by atoms with E-state index in [0.717, 1.165) is 87.5 Å². The van der Waals surface area contributed by atoms with Crippen molar-refractivity contribution in [2.45, 2.75) is 78.3 Å². The molecule has 7 rings (SSSR count). The number of nitrogens with zero attached hydrogens (tertiary/aromatic N) is 8. The Morgan fingerprint density at radius 3 is 1.51 bits per heavy atom. The Morgan fingerprint density at radius 1 is 0.580 bits per heavy atom. The van der Waals surface area contributed by atoms with Gasteiger partial charge in [-0.25, -0.2) is 32.7 Å². The lowest BCUT2D eigenvalue weighted by Gasteiger charge is -2.14. The third kappa shape index (κ3) is 27.6. The van der Waals surface area contributed by atoms with Crippen LogP contribution in [0.5, 0.6) is 0 Å². The maximum atomic E-state index is 12.8. The summed E-state index contributed by atoms with van der Waals surface area (Å²) in [5.74, 6) is -7.51. The van der Waals surface area contributed by atoms with E-state index >= 15 is 0 Å². The summed E-state index contributed by atoms with van der Waals surface area (Å²) in [6, 6.07) is 16.0. The maximum Gasteiger partial charge on any atom is 0.338 e. The minimum absolute atomic E-state index is 0.00557. The highest BCUT2D eigenvalue weighted by molar-refractivity contribution is 5.99. The molecule has 0 saturated heterocycles. The number of nitrogens with one attached hydrogen (secondary N) is 3. The zero-order valence-electron chi connectivity index (χ0n) is 52.9. The number of rotatable bonds is 31. The van der Waals surface area contributed by atoms with Crippen LogP contribution in [0.1, 0.15) is 123 Å². The lowest BCUT2D eigenvalue weighted by atomic mass is 10.1. The van der Waals surface area contributed by atoms with Crippen LogP contribution in [0.2, 0.25) is 0 Å². The fourth-order valence-electron chi connectivity index (χ4n) is 7.88. The van der Waals surface area contributed by atoms with Gasteiger partial charge in [0.1, 0.15) is 46.2 Å². The number of non-ortho nitro benzene ring substituents is 4. The number of fused-ring (bicyclic) bond motifs is 1. The molecule has 36 nitrogen and oxygen atoms in total. The van der Waals surface area contributed by atoms with Gasteiger partial charge in [0.25, 0.3) is 39.9 Å². The van der Waals surface area contributed by atoms with E-state index in [4.69, 9.17) is 26.0 Å². The number of aromatic carboxylic acids is 1. The van der Waals surface area contributed by atoms with E-state index in [2.05, 4.69) is 30.6 Å². The van der Waals surface area contributed by atoms with Crippen LogP contribution in [0.15, 0.2) is 108 Å². The van der Waals surface area contributed by atoms with Gasteiger partial charge in [0.15, 0.2) is 28.5 Å². The quantitative estimate of drug-likeness (QED) is 0.00937. The molecule has 1 unspecified atom stereocenters. The average molecular weight is 1400 g/mol. The first-order valence-corrected chi connectivity index (χ1v) is 28.9. The van der Waals surface area contributed by atoms with E-state index in [-0.39, 0.29) is 93.8 Å². The largest absolute Gasteiger partial charge is 0.480 e. The van der Waals surface area contributed by atoms with E-state index in [1.54, 1.807) is 12.1 Å². The number of carbonyl (C=O) groups is 8. The third-order valence-corrected chi connectivity index (χ3v) is 13.0. The summed E-state index contributed by atoms with van der Waals surface area (Å²) in [6.45, 7) is 5.50. The zero-order valence-corrected chi connectivity index (χ0v) is 52.9. The summed E-state index contributed by atoms with van der Waals surface area (Å²) < 4.78 is 49.2. The van der Waals surface area contributed by atoms with Crippen molar-refractivity contribution in [3.8, 4) is 0 Å². The molecule has 0 radical (unpaired) electrons. The molecule has 2 aromatic heterocycles. The Kier molecular flexibility index (Phi) is 33.2. The number of nitrogens with two attached hydrogens (primary N) is 2. The minimum Gasteiger partial charge on any atom is -0.480 e. The van der Waals surface area contributed by atoms with E-state index in [1.807, 2.05) is 0 Å². The first-order valence-electron chi connectivity index (χ1n) is 28.9. The summed E-state index contributed by atoms with van der Waals surface area (Å²) in [6.07, 6.45) is 3.59. The number of anilines is 2. The SMILES string of the molecule is CC(=O)c1cc([N+](=O)[O-])ccc1F.CC(=O)c1cc([N+](=O)[O-])ccc1F.CC(=O)c1cc([N+](=O)[O-])ccc1[N+](=O)[O-].NCCCC(=O)CCOCCOCCCC(=O)CCC(NC(=O)c1ccc(NCc2cnc3nc(N)[nH]c(=O)c3n2)cc1)C(=O)O.O=C(O)c1cc([N+](=O)[O-])ccc1F. The number of halogens is 3. The number of ether oxygens (including phenoxy) is 2. The predicted octanol–water partition coefficient (Wildman–Crippen LogP) is 7.96. The number of Topliss-reactive ketones (excluding diaryl/α,β-unsaturated/α-hetero) is 5. The molecule has 0 bridgehead atoms. The summed E-state index contributed by atoms with van der Waals surface area (Å²) in [4.78, 5) is 166. The number of carboxylic acids is 2. The van der Waals surface area contributed by atoms with Crippen LogP contribution in [-0.4, -0.2) is 141 Å². The van der Waals surface area contributed by atoms with Crippen molar-refractivity contribution >= 4 is 98.0 Å². The number of amides is 1. The second-order valence-electron chi connectivity index (χ2n) is 20.3. The Balaban J connectivity index is 0.000000386. The van der Waals surface area contributed by atoms with Gasteiger partial charge in [0.05, 0.1) is 74.0 Å². The first kappa shape index (κ1) is 81.6. The van der Waals surface area contributed by atoms with Crippen LogP contribution in [-0.2, 0) is 30.4 Å². The lowest BCUT2D eigenvalue weighted by molar-refractivity contribution is -0.389. The molecule has 0 aliphatic rings. The number of aromatic amines is 1. The number of carboxylic acid groups (broad SMARTS) is 2. The Bertz CT molecular complexity index is 4080. The molecule has 100 heavy (non-hydrogen) atoms. The highest BCUT2D eigenvalue weighted by Gasteiger charge is 2.24. The van der Waals surface area contributed by atoms with Gasteiger partial charge < -0.3 is 41.8 Å². The number of nitrogen functional groups attached to an aromatic ring is 1. The van der Waals surface area contributed by atoms with Gasteiger partial charge >= 0.3 is 11.9 Å². The van der Waals surface area contributed by atoms with Crippen molar-refractivity contribution in [2.75, 3.05) is 44.0 Å². The molecular formula is C61H62F3N13O23. The summed E-state index contributed by atoms with van der Waals surface area (Å²) in [5, 5.41) is 75.1. The zero-order chi connectivity index (χ0) is 74.9. The number of benzene rings is 5. The molecule has 0 saturated carbocycles. The molecule has 2 heterocycles. The van der Waals surface area contributed by atoms with Crippen molar-refractivity contribution < 1.29 is 95.8 Å². The summed E-state index contributed by atoms with van der Waals surface area (Å²) in [5.41, 5.74) is 8.69. The second-order valence-corrected chi connectivity index (χ2v) is 20.3. The predicted molar refractivity (Wildman–Crippen MR) is 344 cm³/mol. The number of aromatic nitrogens is 4. The van der Waals surface area contributed by atoms with Crippen molar-refractivity contribution in [3.63, 3.8) is 0 Å². The summed E-state index contributed by atoms with van der Waals surface area (Å²) in [7, 11) is 0. The van der Waals surface area contributed by atoms with Crippen LogP contribution in [0, 0.1) is 68.0 Å². The number of hydrogen-bond acceptors (Lipinski definition) is 27. The smallest absolute Gasteiger partial charge is 0.338 e. The minimum atomic E-state index is -1.53. The van der Waals surface area contributed by atoms with Crippen molar-refractivity contribution in [2.24, 2.45) is 5.73 Å². The number of H-pyrrole nitrogens is 1. The maximum absolute atomic E-state index is 12.8. The number of nitro groups is 5. The fraction of sp³-hybridized carbons (Fsp3) is 0.279. The van der Waals surface area contributed by atoms with Gasteiger partial charge in [0, 0.05) is 98.1 Å². The number of carbonyl (C=O) groups excluding carboxylic acids is 6. The van der Waals surface area contributed by atoms with E-state index in [1.165, 1.54) is 18.3 Å². The number of nitro benzene ring substituents is 5. The van der Waals surface area contributed by atoms with Crippen LogP contribution in [0.4, 0.5) is 53.2 Å². The Morgan fingerprint density at radius 2 is 1.04 bits per heavy atom. The molecule has 1 amide bonds.